The number of nitrogens with one attached hydrogen (secondary N) is 3. The Kier molecular flexibility index (Phi) is 7.42. The molecule has 3 heterocycles. The summed E-state index contributed by atoms with van der Waals surface area (Å²) in [5.41, 5.74) is 5.52. The Balaban J connectivity index is 1.27. The highest BCUT2D eigenvalue weighted by atomic mass is 16.5. The fourth-order valence-electron chi connectivity index (χ4n) is 5.57. The summed E-state index contributed by atoms with van der Waals surface area (Å²) in [6, 6.07) is 22.4. The summed E-state index contributed by atoms with van der Waals surface area (Å²) in [5.74, 6) is 0.715. The number of hydrogen-bond donors (Lipinski definition) is 3. The molecular weight excluding hydrogens is 502 g/mol. The van der Waals surface area contributed by atoms with E-state index in [-0.39, 0.29) is 17.9 Å². The lowest BCUT2D eigenvalue weighted by molar-refractivity contribution is -0.124. The molecule has 2 amide bonds. The van der Waals surface area contributed by atoms with Gasteiger partial charge in [-0.1, -0.05) is 18.2 Å². The van der Waals surface area contributed by atoms with Crippen molar-refractivity contribution in [2.24, 2.45) is 0 Å². The molecule has 2 aliphatic heterocycles. The van der Waals surface area contributed by atoms with Crippen LogP contribution in [0.2, 0.25) is 0 Å². The van der Waals surface area contributed by atoms with Gasteiger partial charge in [-0.05, 0) is 79.2 Å². The summed E-state index contributed by atoms with van der Waals surface area (Å²) in [6.07, 6.45) is 3.57. The van der Waals surface area contributed by atoms with Crippen molar-refractivity contribution in [1.29, 1.82) is 0 Å². The van der Waals surface area contributed by atoms with Crippen molar-refractivity contribution >= 4 is 34.1 Å². The number of aromatic amines is 1. The number of carbonyl (C=O) groups is 2. The standard InChI is InChI=1S/C32H35N5O3/c1-22-12-16-37(29-6-3-2-5-28(29)35-22)32(39)25-7-9-26(23-8-10-27-24(19-23)11-13-33-27)30(20-25)40-18-4-15-36-17-14-34-31(38)21-36/h2-3,5-11,13,19-20,22,33,35H,4,12,14-18,21H2,1H3,(H,34,38)/t22-/m0/s1. The maximum absolute atomic E-state index is 13.9. The number of carbonyl (C=O) groups excluding carboxylic acids is 2. The molecule has 206 valence electrons. The lowest BCUT2D eigenvalue weighted by Crippen LogP contribution is -2.47. The molecule has 1 aromatic heterocycles. The predicted octanol–water partition coefficient (Wildman–Crippen LogP) is 4.89. The lowest BCUT2D eigenvalue weighted by Gasteiger charge is -2.26. The fourth-order valence-corrected chi connectivity index (χ4v) is 5.57. The molecular formula is C32H35N5O3. The number of rotatable bonds is 7. The molecule has 0 bridgehead atoms. The van der Waals surface area contributed by atoms with Crippen LogP contribution in [0.25, 0.3) is 22.0 Å². The average Bonchev–Trinajstić information content (AvgIpc) is 3.37. The van der Waals surface area contributed by atoms with Gasteiger partial charge >= 0.3 is 0 Å². The van der Waals surface area contributed by atoms with Crippen molar-refractivity contribution in [3.8, 4) is 16.9 Å². The zero-order valence-electron chi connectivity index (χ0n) is 22.8. The van der Waals surface area contributed by atoms with Crippen LogP contribution in [0.3, 0.4) is 0 Å². The van der Waals surface area contributed by atoms with Crippen LogP contribution >= 0.6 is 0 Å². The van der Waals surface area contributed by atoms with Gasteiger partial charge in [-0.2, -0.15) is 0 Å². The molecule has 0 aliphatic carbocycles. The normalized spacial score (nSPS) is 17.6. The number of aromatic nitrogens is 1. The highest BCUT2D eigenvalue weighted by Crippen LogP contribution is 2.35. The summed E-state index contributed by atoms with van der Waals surface area (Å²) in [5, 5.41) is 7.51. The molecule has 0 unspecified atom stereocenters. The van der Waals surface area contributed by atoms with Gasteiger partial charge in [0.25, 0.3) is 5.91 Å². The first-order valence-corrected chi connectivity index (χ1v) is 14.1. The minimum Gasteiger partial charge on any atom is -0.493 e. The van der Waals surface area contributed by atoms with E-state index >= 15 is 0 Å². The van der Waals surface area contributed by atoms with E-state index in [9.17, 15) is 9.59 Å². The van der Waals surface area contributed by atoms with Crippen molar-refractivity contribution in [3.63, 3.8) is 0 Å². The van der Waals surface area contributed by atoms with E-state index in [0.717, 1.165) is 59.3 Å². The molecule has 0 spiro atoms. The molecule has 3 N–H and O–H groups in total. The van der Waals surface area contributed by atoms with Crippen LogP contribution in [0.1, 0.15) is 30.1 Å². The van der Waals surface area contributed by atoms with Crippen molar-refractivity contribution < 1.29 is 14.3 Å². The van der Waals surface area contributed by atoms with E-state index in [4.69, 9.17) is 4.74 Å². The minimum absolute atomic E-state index is 0.0415. The van der Waals surface area contributed by atoms with Gasteiger partial charge in [-0.25, -0.2) is 0 Å². The van der Waals surface area contributed by atoms with E-state index in [1.54, 1.807) is 0 Å². The van der Waals surface area contributed by atoms with Crippen molar-refractivity contribution in [3.05, 3.63) is 78.5 Å². The molecule has 6 rings (SSSR count). The zero-order valence-corrected chi connectivity index (χ0v) is 22.8. The molecule has 1 fully saturated rings. The van der Waals surface area contributed by atoms with Gasteiger partial charge in [-0.3, -0.25) is 14.5 Å². The zero-order chi connectivity index (χ0) is 27.5. The van der Waals surface area contributed by atoms with Crippen molar-refractivity contribution in [1.82, 2.24) is 15.2 Å². The minimum atomic E-state index is -0.0415. The Morgan fingerprint density at radius 3 is 2.85 bits per heavy atom. The van der Waals surface area contributed by atoms with Gasteiger partial charge in [0, 0.05) is 55.1 Å². The smallest absolute Gasteiger partial charge is 0.258 e. The Bertz CT molecular complexity index is 1530. The molecule has 8 heteroatoms. The lowest BCUT2D eigenvalue weighted by atomic mass is 10.0. The monoisotopic (exact) mass is 537 g/mol. The summed E-state index contributed by atoms with van der Waals surface area (Å²) in [4.78, 5) is 32.9. The maximum atomic E-state index is 13.9. The quantitative estimate of drug-likeness (QED) is 0.292. The molecule has 4 aromatic rings. The van der Waals surface area contributed by atoms with Gasteiger partial charge < -0.3 is 25.3 Å². The number of nitrogens with zero attached hydrogens (tertiary/aromatic N) is 2. The van der Waals surface area contributed by atoms with Crippen LogP contribution in [-0.2, 0) is 4.79 Å². The second-order valence-electron chi connectivity index (χ2n) is 10.6. The number of benzene rings is 3. The number of H-pyrrole nitrogens is 1. The van der Waals surface area contributed by atoms with Crippen LogP contribution in [0, 0.1) is 0 Å². The largest absolute Gasteiger partial charge is 0.493 e. The van der Waals surface area contributed by atoms with Crippen LogP contribution in [-0.4, -0.2) is 67.1 Å². The van der Waals surface area contributed by atoms with E-state index in [1.807, 2.05) is 53.6 Å². The molecule has 0 saturated carbocycles. The molecule has 1 saturated heterocycles. The summed E-state index contributed by atoms with van der Waals surface area (Å²) < 4.78 is 6.37. The summed E-state index contributed by atoms with van der Waals surface area (Å²) >= 11 is 0. The number of hydrogen-bond acceptors (Lipinski definition) is 5. The van der Waals surface area contributed by atoms with Crippen LogP contribution in [0.5, 0.6) is 5.75 Å². The van der Waals surface area contributed by atoms with Gasteiger partial charge in [0.15, 0.2) is 0 Å². The number of amides is 2. The third-order valence-electron chi connectivity index (χ3n) is 7.71. The molecule has 3 aromatic carbocycles. The van der Waals surface area contributed by atoms with Crippen LogP contribution in [0.15, 0.2) is 72.9 Å². The van der Waals surface area contributed by atoms with E-state index in [2.05, 4.69) is 51.7 Å². The second-order valence-corrected chi connectivity index (χ2v) is 10.6. The van der Waals surface area contributed by atoms with Gasteiger partial charge in [-0.15, -0.1) is 0 Å². The highest BCUT2D eigenvalue weighted by molar-refractivity contribution is 6.08. The van der Waals surface area contributed by atoms with E-state index in [1.165, 1.54) is 0 Å². The van der Waals surface area contributed by atoms with Gasteiger partial charge in [0.2, 0.25) is 5.91 Å². The van der Waals surface area contributed by atoms with Gasteiger partial charge in [0.1, 0.15) is 5.75 Å². The third-order valence-corrected chi connectivity index (χ3v) is 7.71. The van der Waals surface area contributed by atoms with Gasteiger partial charge in [0.05, 0.1) is 24.5 Å². The first-order chi connectivity index (χ1) is 19.5. The third kappa shape index (κ3) is 5.53. The number of para-hydroxylation sites is 2. The molecule has 1 atom stereocenters. The van der Waals surface area contributed by atoms with Crippen LogP contribution in [0.4, 0.5) is 11.4 Å². The molecule has 8 nitrogen and oxygen atoms in total. The molecule has 40 heavy (non-hydrogen) atoms. The topological polar surface area (TPSA) is 89.7 Å². The number of fused-ring (bicyclic) bond motifs is 2. The number of anilines is 2. The first kappa shape index (κ1) is 26.0. The van der Waals surface area contributed by atoms with Crippen LogP contribution < -0.4 is 20.3 Å². The summed E-state index contributed by atoms with van der Waals surface area (Å²) in [6.45, 7) is 6.01. The number of ether oxygens (including phenoxy) is 1. The SMILES string of the molecule is C[C@H]1CCN(C(=O)c2ccc(-c3ccc4[nH]ccc4c3)c(OCCCN3CCNC(=O)C3)c2)c2ccccc2N1. The van der Waals surface area contributed by atoms with Crippen molar-refractivity contribution in [2.45, 2.75) is 25.8 Å². The Morgan fingerprint density at radius 1 is 1.05 bits per heavy atom. The van der Waals surface area contributed by atoms with E-state index < -0.39 is 0 Å². The molecule has 2 aliphatic rings. The fraction of sp³-hybridized carbons (Fsp3) is 0.312. The Morgan fingerprint density at radius 2 is 1.95 bits per heavy atom. The summed E-state index contributed by atoms with van der Waals surface area (Å²) in [7, 11) is 0. The van der Waals surface area contributed by atoms with Crippen molar-refractivity contribution in [2.75, 3.05) is 49.5 Å². The molecule has 0 radical (unpaired) electrons. The average molecular weight is 538 g/mol. The Hall–Kier alpha value is -4.30. The predicted molar refractivity (Wildman–Crippen MR) is 159 cm³/mol. The highest BCUT2D eigenvalue weighted by Gasteiger charge is 2.25. The van der Waals surface area contributed by atoms with E-state index in [0.29, 0.717) is 37.6 Å². The Labute approximate surface area is 234 Å². The first-order valence-electron chi connectivity index (χ1n) is 14.1. The maximum Gasteiger partial charge on any atom is 0.258 e. The number of piperazine rings is 1. The second kappa shape index (κ2) is 11.4.